The normalized spacial score (nSPS) is 16.7. The predicted molar refractivity (Wildman–Crippen MR) is 103 cm³/mol. The van der Waals surface area contributed by atoms with Crippen molar-refractivity contribution >= 4 is 32.7 Å². The van der Waals surface area contributed by atoms with Crippen molar-refractivity contribution in [3.8, 4) is 0 Å². The van der Waals surface area contributed by atoms with Crippen molar-refractivity contribution in [1.29, 1.82) is 0 Å². The molecule has 0 bridgehead atoms. The predicted octanol–water partition coefficient (Wildman–Crippen LogP) is 3.89. The first-order valence-electron chi connectivity index (χ1n) is 8.63. The zero-order valence-corrected chi connectivity index (χ0v) is 15.7. The first-order valence-corrected chi connectivity index (χ1v) is 9.43. The maximum atomic E-state index is 13.9. The molecule has 6 heteroatoms. The number of H-pyrrole nitrogens is 1. The summed E-state index contributed by atoms with van der Waals surface area (Å²) in [4.78, 5) is 18.0. The quantitative estimate of drug-likeness (QED) is 0.681. The van der Waals surface area contributed by atoms with Crippen LogP contribution in [0.5, 0.6) is 0 Å². The van der Waals surface area contributed by atoms with E-state index in [1.807, 2.05) is 23.1 Å². The molecule has 3 N–H and O–H groups in total. The van der Waals surface area contributed by atoms with Crippen LogP contribution >= 0.6 is 15.9 Å². The molecule has 0 saturated heterocycles. The minimum atomic E-state index is -0.334. The minimum Gasteiger partial charge on any atom is -0.356 e. The van der Waals surface area contributed by atoms with E-state index in [2.05, 4.69) is 27.0 Å². The topological polar surface area (TPSA) is 62.1 Å². The Labute approximate surface area is 159 Å². The summed E-state index contributed by atoms with van der Waals surface area (Å²) in [5.74, 6) is -0.313. The summed E-state index contributed by atoms with van der Waals surface area (Å²) in [5.41, 5.74) is 9.53. The maximum absolute atomic E-state index is 13.9. The fourth-order valence-electron chi connectivity index (χ4n) is 3.82. The summed E-state index contributed by atoms with van der Waals surface area (Å²) in [6.45, 7) is 0.893. The number of amides is 1. The lowest BCUT2D eigenvalue weighted by molar-refractivity contribution is -0.133. The average Bonchev–Trinajstić information content (AvgIpc) is 2.99. The van der Waals surface area contributed by atoms with Gasteiger partial charge in [0.1, 0.15) is 5.82 Å². The van der Waals surface area contributed by atoms with E-state index < -0.39 is 0 Å². The van der Waals surface area contributed by atoms with Gasteiger partial charge in [0.15, 0.2) is 0 Å². The number of fused-ring (bicyclic) bond motifs is 3. The zero-order valence-electron chi connectivity index (χ0n) is 14.1. The summed E-state index contributed by atoms with van der Waals surface area (Å²) < 4.78 is 14.9. The molecule has 1 amide bonds. The Hall–Kier alpha value is -2.18. The fourth-order valence-corrected chi connectivity index (χ4v) is 4.18. The lowest BCUT2D eigenvalue weighted by Crippen LogP contribution is -2.41. The summed E-state index contributed by atoms with van der Waals surface area (Å²) in [5, 5.41) is 1.14. The molecule has 2 aromatic carbocycles. The van der Waals surface area contributed by atoms with Crippen LogP contribution in [-0.4, -0.2) is 28.9 Å². The van der Waals surface area contributed by atoms with E-state index in [0.717, 1.165) is 33.1 Å². The van der Waals surface area contributed by atoms with E-state index in [-0.39, 0.29) is 24.2 Å². The van der Waals surface area contributed by atoms with Gasteiger partial charge in [0.2, 0.25) is 5.91 Å². The molecular formula is C20H19BrFN3O. The third-order valence-electron chi connectivity index (χ3n) is 4.93. The Balaban J connectivity index is 1.89. The Morgan fingerprint density at radius 3 is 2.92 bits per heavy atom. The molecule has 0 fully saturated rings. The highest BCUT2D eigenvalue weighted by Gasteiger charge is 2.34. The fraction of sp³-hybridized carbons (Fsp3) is 0.250. The molecule has 26 heavy (non-hydrogen) atoms. The van der Waals surface area contributed by atoms with Gasteiger partial charge < -0.3 is 15.6 Å². The zero-order chi connectivity index (χ0) is 18.3. The molecule has 134 valence electrons. The van der Waals surface area contributed by atoms with Crippen molar-refractivity contribution in [2.45, 2.75) is 18.9 Å². The van der Waals surface area contributed by atoms with Crippen molar-refractivity contribution in [2.75, 3.05) is 13.1 Å². The molecule has 1 aromatic heterocycles. The van der Waals surface area contributed by atoms with Gasteiger partial charge in [-0.15, -0.1) is 0 Å². The van der Waals surface area contributed by atoms with E-state index in [4.69, 9.17) is 5.73 Å². The lowest BCUT2D eigenvalue weighted by atomic mass is 9.92. The van der Waals surface area contributed by atoms with Crippen LogP contribution in [-0.2, 0) is 11.2 Å². The molecule has 1 unspecified atom stereocenters. The Morgan fingerprint density at radius 1 is 1.31 bits per heavy atom. The van der Waals surface area contributed by atoms with Crippen LogP contribution in [0.3, 0.4) is 0 Å². The molecule has 3 aromatic rings. The molecule has 1 atom stereocenters. The largest absolute Gasteiger partial charge is 0.356 e. The molecular weight excluding hydrogens is 397 g/mol. The molecule has 0 aliphatic carbocycles. The van der Waals surface area contributed by atoms with Crippen LogP contribution in [0.15, 0.2) is 46.9 Å². The SMILES string of the molecule is NCCC(=O)N1CCc2c([nH]c3ccc(Br)cc23)C1c1cccc(F)c1. The molecule has 0 spiro atoms. The van der Waals surface area contributed by atoms with Crippen LogP contribution in [0.1, 0.15) is 29.3 Å². The van der Waals surface area contributed by atoms with Gasteiger partial charge in [0.25, 0.3) is 0 Å². The minimum absolute atomic E-state index is 0.00718. The number of aromatic amines is 1. The first kappa shape index (κ1) is 17.2. The van der Waals surface area contributed by atoms with Crippen LogP contribution in [0, 0.1) is 5.82 Å². The second kappa shape index (κ2) is 6.85. The van der Waals surface area contributed by atoms with Crippen LogP contribution in [0.2, 0.25) is 0 Å². The van der Waals surface area contributed by atoms with Crippen molar-refractivity contribution in [3.05, 3.63) is 69.6 Å². The molecule has 4 rings (SSSR count). The number of hydrogen-bond donors (Lipinski definition) is 2. The van der Waals surface area contributed by atoms with Gasteiger partial charge in [-0.2, -0.15) is 0 Å². The van der Waals surface area contributed by atoms with Crippen molar-refractivity contribution in [1.82, 2.24) is 9.88 Å². The Kier molecular flexibility index (Phi) is 4.54. The molecule has 1 aliphatic heterocycles. The third-order valence-corrected chi connectivity index (χ3v) is 5.43. The van der Waals surface area contributed by atoms with Crippen molar-refractivity contribution < 1.29 is 9.18 Å². The van der Waals surface area contributed by atoms with Gasteiger partial charge in [-0.05, 0) is 47.9 Å². The number of nitrogens with two attached hydrogens (primary N) is 1. The summed E-state index contributed by atoms with van der Waals surface area (Å²) in [6.07, 6.45) is 1.04. The molecule has 0 radical (unpaired) electrons. The van der Waals surface area contributed by atoms with Gasteiger partial charge in [-0.1, -0.05) is 28.1 Å². The standard InChI is InChI=1S/C20H19BrFN3O/c21-13-4-5-17-16(11-13)15-7-9-25(18(26)6-8-23)20(19(15)24-17)12-2-1-3-14(22)10-12/h1-5,10-11,20,24H,6-9,23H2. The van der Waals surface area contributed by atoms with Crippen LogP contribution in [0.25, 0.3) is 10.9 Å². The highest BCUT2D eigenvalue weighted by atomic mass is 79.9. The average molecular weight is 416 g/mol. The molecule has 2 heterocycles. The van der Waals surface area contributed by atoms with E-state index in [1.165, 1.54) is 17.7 Å². The number of aromatic nitrogens is 1. The summed E-state index contributed by atoms with van der Waals surface area (Å²) >= 11 is 3.53. The third kappa shape index (κ3) is 2.93. The maximum Gasteiger partial charge on any atom is 0.224 e. The number of carbonyl (C=O) groups is 1. The second-order valence-corrected chi connectivity index (χ2v) is 7.46. The molecule has 4 nitrogen and oxygen atoms in total. The van der Waals surface area contributed by atoms with Gasteiger partial charge in [0.05, 0.1) is 6.04 Å². The van der Waals surface area contributed by atoms with Gasteiger partial charge in [0, 0.05) is 40.6 Å². The summed E-state index contributed by atoms with van der Waals surface area (Å²) in [6, 6.07) is 12.2. The van der Waals surface area contributed by atoms with Gasteiger partial charge in [-0.3, -0.25) is 4.79 Å². The number of halogens is 2. The summed E-state index contributed by atoms with van der Waals surface area (Å²) in [7, 11) is 0. The Bertz CT molecular complexity index is 984. The first-order chi connectivity index (χ1) is 12.6. The van der Waals surface area contributed by atoms with Gasteiger partial charge >= 0.3 is 0 Å². The second-order valence-electron chi connectivity index (χ2n) is 6.54. The van der Waals surface area contributed by atoms with E-state index in [0.29, 0.717) is 13.1 Å². The monoisotopic (exact) mass is 415 g/mol. The molecule has 1 aliphatic rings. The molecule has 0 saturated carbocycles. The lowest BCUT2D eigenvalue weighted by Gasteiger charge is -2.36. The number of rotatable bonds is 3. The van der Waals surface area contributed by atoms with Gasteiger partial charge in [-0.25, -0.2) is 4.39 Å². The van der Waals surface area contributed by atoms with Crippen LogP contribution in [0.4, 0.5) is 4.39 Å². The van der Waals surface area contributed by atoms with Crippen LogP contribution < -0.4 is 5.73 Å². The van der Waals surface area contributed by atoms with Crippen molar-refractivity contribution in [2.24, 2.45) is 5.73 Å². The van der Waals surface area contributed by atoms with E-state index >= 15 is 0 Å². The van der Waals surface area contributed by atoms with E-state index in [9.17, 15) is 9.18 Å². The number of carbonyl (C=O) groups excluding carboxylic acids is 1. The number of hydrogen-bond acceptors (Lipinski definition) is 2. The highest BCUT2D eigenvalue weighted by Crippen LogP contribution is 2.39. The number of nitrogens with zero attached hydrogens (tertiary/aromatic N) is 1. The number of benzene rings is 2. The van der Waals surface area contributed by atoms with E-state index in [1.54, 1.807) is 6.07 Å². The Morgan fingerprint density at radius 2 is 2.15 bits per heavy atom. The van der Waals surface area contributed by atoms with Crippen molar-refractivity contribution in [3.63, 3.8) is 0 Å². The number of nitrogens with one attached hydrogen (secondary N) is 1. The smallest absolute Gasteiger partial charge is 0.224 e. The highest BCUT2D eigenvalue weighted by molar-refractivity contribution is 9.10.